The zero-order valence-electron chi connectivity index (χ0n) is 6.36. The Morgan fingerprint density at radius 3 is 2.45 bits per heavy atom. The summed E-state index contributed by atoms with van der Waals surface area (Å²) >= 11 is 11.6. The van der Waals surface area contributed by atoms with E-state index in [1.54, 1.807) is 6.07 Å². The molecular formula is C8H8Cl2N. The van der Waals surface area contributed by atoms with E-state index in [0.29, 0.717) is 10.0 Å². The maximum Gasteiger partial charge on any atom is 0.0831 e. The minimum atomic E-state index is 0.470. The van der Waals surface area contributed by atoms with Crippen molar-refractivity contribution in [2.45, 2.75) is 0 Å². The summed E-state index contributed by atoms with van der Waals surface area (Å²) in [4.78, 5) is 1.90. The average molecular weight is 189 g/mol. The van der Waals surface area contributed by atoms with Crippen molar-refractivity contribution in [3.05, 3.63) is 28.2 Å². The van der Waals surface area contributed by atoms with Gasteiger partial charge in [0.05, 0.1) is 15.7 Å². The van der Waals surface area contributed by atoms with Crippen LogP contribution >= 0.6 is 23.2 Å². The summed E-state index contributed by atoms with van der Waals surface area (Å²) in [5.74, 6) is 0. The standard InChI is InChI=1S/C8H8Cl2N/c1-11(2)7-5-3-4-6(9)8(7)10/h3,5H,1-2H3. The van der Waals surface area contributed by atoms with E-state index in [-0.39, 0.29) is 0 Å². The molecule has 1 aromatic carbocycles. The molecule has 0 aromatic heterocycles. The van der Waals surface area contributed by atoms with Gasteiger partial charge in [-0.1, -0.05) is 29.3 Å². The molecule has 0 amide bonds. The molecule has 0 heterocycles. The fraction of sp³-hybridized carbons (Fsp3) is 0.250. The van der Waals surface area contributed by atoms with Gasteiger partial charge in [0, 0.05) is 20.2 Å². The molecule has 0 spiro atoms. The molecule has 0 aliphatic rings. The molecule has 1 nitrogen and oxygen atoms in total. The Morgan fingerprint density at radius 2 is 2.00 bits per heavy atom. The largest absolute Gasteiger partial charge is 0.376 e. The molecule has 0 unspecified atom stereocenters. The van der Waals surface area contributed by atoms with Gasteiger partial charge >= 0.3 is 0 Å². The first-order chi connectivity index (χ1) is 5.13. The van der Waals surface area contributed by atoms with E-state index < -0.39 is 0 Å². The van der Waals surface area contributed by atoms with Crippen molar-refractivity contribution in [3.63, 3.8) is 0 Å². The molecular weight excluding hydrogens is 181 g/mol. The molecule has 1 aromatic rings. The van der Waals surface area contributed by atoms with Crippen molar-refractivity contribution in [2.24, 2.45) is 0 Å². The smallest absolute Gasteiger partial charge is 0.0831 e. The van der Waals surface area contributed by atoms with Crippen molar-refractivity contribution in [2.75, 3.05) is 19.0 Å². The first kappa shape index (κ1) is 8.69. The van der Waals surface area contributed by atoms with Gasteiger partial charge in [0.1, 0.15) is 0 Å². The normalized spacial score (nSPS) is 9.82. The number of rotatable bonds is 1. The summed E-state index contributed by atoms with van der Waals surface area (Å²) in [6, 6.07) is 6.42. The van der Waals surface area contributed by atoms with Crippen LogP contribution in [-0.4, -0.2) is 14.1 Å². The number of hydrogen-bond donors (Lipinski definition) is 0. The fourth-order valence-electron chi connectivity index (χ4n) is 0.788. The van der Waals surface area contributed by atoms with E-state index in [0.717, 1.165) is 5.69 Å². The predicted molar refractivity (Wildman–Crippen MR) is 49.6 cm³/mol. The van der Waals surface area contributed by atoms with Gasteiger partial charge < -0.3 is 4.90 Å². The molecule has 0 fully saturated rings. The van der Waals surface area contributed by atoms with Crippen LogP contribution < -0.4 is 4.90 Å². The molecule has 0 atom stereocenters. The second kappa shape index (κ2) is 3.33. The first-order valence-electron chi connectivity index (χ1n) is 3.16. The van der Waals surface area contributed by atoms with Crippen molar-refractivity contribution < 1.29 is 0 Å². The third-order valence-corrected chi connectivity index (χ3v) is 2.13. The lowest BCUT2D eigenvalue weighted by atomic mass is 10.3. The van der Waals surface area contributed by atoms with Gasteiger partial charge in [-0.25, -0.2) is 0 Å². The van der Waals surface area contributed by atoms with Gasteiger partial charge in [0.2, 0.25) is 0 Å². The first-order valence-corrected chi connectivity index (χ1v) is 3.91. The molecule has 0 saturated carbocycles. The Hall–Kier alpha value is -0.400. The number of hydrogen-bond acceptors (Lipinski definition) is 1. The molecule has 0 N–H and O–H groups in total. The summed E-state index contributed by atoms with van der Waals surface area (Å²) in [5, 5.41) is 1.03. The maximum atomic E-state index is 5.88. The number of benzene rings is 1. The molecule has 0 saturated heterocycles. The Morgan fingerprint density at radius 1 is 1.36 bits per heavy atom. The highest BCUT2D eigenvalue weighted by atomic mass is 35.5. The van der Waals surface area contributed by atoms with Crippen LogP contribution in [0.2, 0.25) is 10.0 Å². The molecule has 59 valence electrons. The highest BCUT2D eigenvalue weighted by Crippen LogP contribution is 2.30. The van der Waals surface area contributed by atoms with E-state index in [2.05, 4.69) is 6.07 Å². The number of anilines is 1. The number of halogens is 2. The highest BCUT2D eigenvalue weighted by molar-refractivity contribution is 6.43. The van der Waals surface area contributed by atoms with Crippen molar-refractivity contribution in [1.82, 2.24) is 0 Å². The zero-order chi connectivity index (χ0) is 8.43. The molecule has 3 heteroatoms. The van der Waals surface area contributed by atoms with Gasteiger partial charge in [0.25, 0.3) is 0 Å². The van der Waals surface area contributed by atoms with Gasteiger partial charge in [-0.05, 0) is 6.07 Å². The van der Waals surface area contributed by atoms with Crippen LogP contribution in [0.4, 0.5) is 5.69 Å². The zero-order valence-corrected chi connectivity index (χ0v) is 7.87. The number of nitrogens with zero attached hydrogens (tertiary/aromatic N) is 1. The summed E-state index contributed by atoms with van der Waals surface area (Å²) in [5.41, 5.74) is 0.912. The van der Waals surface area contributed by atoms with Crippen molar-refractivity contribution in [3.8, 4) is 0 Å². The Bertz CT molecular complexity index is 258. The van der Waals surface area contributed by atoms with Gasteiger partial charge in [-0.15, -0.1) is 0 Å². The minimum absolute atomic E-state index is 0.470. The average Bonchev–Trinajstić information content (AvgIpc) is 1.94. The van der Waals surface area contributed by atoms with Crippen LogP contribution in [0.3, 0.4) is 0 Å². The van der Waals surface area contributed by atoms with Crippen LogP contribution in [0.15, 0.2) is 12.1 Å². The third-order valence-electron chi connectivity index (χ3n) is 1.35. The van der Waals surface area contributed by atoms with Gasteiger partial charge in [-0.3, -0.25) is 0 Å². The Kier molecular flexibility index (Phi) is 2.63. The van der Waals surface area contributed by atoms with E-state index in [4.69, 9.17) is 23.2 Å². The van der Waals surface area contributed by atoms with Crippen LogP contribution in [-0.2, 0) is 0 Å². The highest BCUT2D eigenvalue weighted by Gasteiger charge is 2.04. The summed E-state index contributed by atoms with van der Waals surface area (Å²) < 4.78 is 0. The second-order valence-electron chi connectivity index (χ2n) is 2.39. The van der Waals surface area contributed by atoms with E-state index in [1.165, 1.54) is 0 Å². The molecule has 0 bridgehead atoms. The Balaban J connectivity index is 3.17. The van der Waals surface area contributed by atoms with E-state index >= 15 is 0 Å². The fourth-order valence-corrected chi connectivity index (χ4v) is 1.23. The third kappa shape index (κ3) is 1.79. The lowest BCUT2D eigenvalue weighted by molar-refractivity contribution is 1.13. The van der Waals surface area contributed by atoms with Crippen LogP contribution in [0, 0.1) is 6.07 Å². The summed E-state index contributed by atoms with van der Waals surface area (Å²) in [7, 11) is 3.83. The lowest BCUT2D eigenvalue weighted by Crippen LogP contribution is -2.08. The molecule has 0 aliphatic carbocycles. The molecule has 1 radical (unpaired) electrons. The van der Waals surface area contributed by atoms with Gasteiger partial charge in [-0.2, -0.15) is 0 Å². The Labute approximate surface area is 76.5 Å². The van der Waals surface area contributed by atoms with Gasteiger partial charge in [0.15, 0.2) is 0 Å². The van der Waals surface area contributed by atoms with Crippen LogP contribution in [0.1, 0.15) is 0 Å². The van der Waals surface area contributed by atoms with E-state index in [1.807, 2.05) is 25.1 Å². The van der Waals surface area contributed by atoms with Crippen molar-refractivity contribution in [1.29, 1.82) is 0 Å². The lowest BCUT2D eigenvalue weighted by Gasteiger charge is -2.14. The SMILES string of the molecule is CN(C)c1cc[c]c(Cl)c1Cl. The second-order valence-corrected chi connectivity index (χ2v) is 3.14. The summed E-state index contributed by atoms with van der Waals surface area (Å²) in [6.45, 7) is 0. The molecule has 0 aliphatic heterocycles. The van der Waals surface area contributed by atoms with Crippen LogP contribution in [0.25, 0.3) is 0 Å². The maximum absolute atomic E-state index is 5.88. The minimum Gasteiger partial charge on any atom is -0.376 e. The quantitative estimate of drug-likeness (QED) is 0.656. The van der Waals surface area contributed by atoms with E-state index in [9.17, 15) is 0 Å². The van der Waals surface area contributed by atoms with Crippen molar-refractivity contribution >= 4 is 28.9 Å². The monoisotopic (exact) mass is 188 g/mol. The topological polar surface area (TPSA) is 3.24 Å². The predicted octanol–water partition coefficient (Wildman–Crippen LogP) is 2.86. The molecule has 11 heavy (non-hydrogen) atoms. The molecule has 1 rings (SSSR count). The summed E-state index contributed by atoms with van der Waals surface area (Å²) in [6.07, 6.45) is 0. The van der Waals surface area contributed by atoms with Crippen LogP contribution in [0.5, 0.6) is 0 Å².